The highest BCUT2D eigenvalue weighted by atomic mass is 28.3. The lowest BCUT2D eigenvalue weighted by molar-refractivity contribution is 1.51. The van der Waals surface area contributed by atoms with Crippen LogP contribution in [0.15, 0.2) is 42.1 Å². The first-order chi connectivity index (χ1) is 6.09. The predicted octanol–water partition coefficient (Wildman–Crippen LogP) is 2.22. The lowest BCUT2D eigenvalue weighted by Gasteiger charge is -2.20. The maximum Gasteiger partial charge on any atom is 0.124 e. The molecule has 13 heavy (non-hydrogen) atoms. The summed E-state index contributed by atoms with van der Waals surface area (Å²) >= 11 is 0. The highest BCUT2D eigenvalue weighted by Gasteiger charge is 2.26. The molecule has 1 aromatic rings. The molecular weight excluding hydrogens is 174 g/mol. The summed E-state index contributed by atoms with van der Waals surface area (Å²) in [5, 5.41) is 10.8. The van der Waals surface area contributed by atoms with Crippen molar-refractivity contribution in [3.8, 4) is 6.07 Å². The highest BCUT2D eigenvalue weighted by Crippen LogP contribution is 2.11. The van der Waals surface area contributed by atoms with E-state index in [-0.39, 0.29) is 0 Å². The Hall–Kier alpha value is -1.33. The van der Waals surface area contributed by atoms with Gasteiger partial charge in [0.15, 0.2) is 0 Å². The van der Waals surface area contributed by atoms with E-state index in [0.717, 1.165) is 5.20 Å². The van der Waals surface area contributed by atoms with Crippen LogP contribution in [0.4, 0.5) is 0 Å². The van der Waals surface area contributed by atoms with E-state index in [4.69, 9.17) is 5.26 Å². The van der Waals surface area contributed by atoms with E-state index >= 15 is 0 Å². The fourth-order valence-electron chi connectivity index (χ4n) is 1.17. The highest BCUT2D eigenvalue weighted by molar-refractivity contribution is 6.96. The van der Waals surface area contributed by atoms with Gasteiger partial charge in [0, 0.05) is 5.20 Å². The van der Waals surface area contributed by atoms with Crippen LogP contribution in [-0.2, 0) is 0 Å². The summed E-state index contributed by atoms with van der Waals surface area (Å²) in [5.74, 6) is 0. The molecule has 0 aromatic heterocycles. The Kier molecular flexibility index (Phi) is 2.69. The third-order valence-electron chi connectivity index (χ3n) is 2.38. The summed E-state index contributed by atoms with van der Waals surface area (Å²) in [5.41, 5.74) is 0. The minimum Gasteiger partial charge on any atom is -0.193 e. The van der Waals surface area contributed by atoms with E-state index in [1.54, 1.807) is 0 Å². The van der Waals surface area contributed by atoms with Crippen LogP contribution in [0.25, 0.3) is 0 Å². The third-order valence-corrected chi connectivity index (χ3v) is 5.78. The Bertz CT molecular complexity index is 346. The monoisotopic (exact) mass is 187 g/mol. The van der Waals surface area contributed by atoms with Crippen LogP contribution < -0.4 is 5.19 Å². The molecule has 0 atom stereocenters. The summed E-state index contributed by atoms with van der Waals surface area (Å²) in [6.45, 7) is 8.12. The topological polar surface area (TPSA) is 23.8 Å². The van der Waals surface area contributed by atoms with Gasteiger partial charge in [-0.05, 0) is 0 Å². The van der Waals surface area contributed by atoms with E-state index in [2.05, 4.69) is 37.9 Å². The van der Waals surface area contributed by atoms with Gasteiger partial charge in [-0.3, -0.25) is 0 Å². The quantitative estimate of drug-likeness (QED) is 0.514. The Morgan fingerprint density at radius 1 is 1.31 bits per heavy atom. The van der Waals surface area contributed by atoms with Gasteiger partial charge >= 0.3 is 0 Å². The standard InChI is InChI=1S/C11H13NSi/c1-10(9-12)13(2,3)11-7-5-4-6-8-11/h4-8H,1H2,2-3H3. The smallest absolute Gasteiger partial charge is 0.124 e. The average molecular weight is 187 g/mol. The zero-order valence-electron chi connectivity index (χ0n) is 8.04. The number of rotatable bonds is 2. The van der Waals surface area contributed by atoms with Crippen molar-refractivity contribution >= 4 is 13.3 Å². The molecule has 1 nitrogen and oxygen atoms in total. The summed E-state index contributed by atoms with van der Waals surface area (Å²) < 4.78 is 0. The molecule has 0 radical (unpaired) electrons. The van der Waals surface area contributed by atoms with Crippen molar-refractivity contribution in [1.29, 1.82) is 5.26 Å². The molecule has 1 aromatic carbocycles. The number of benzene rings is 1. The molecule has 0 bridgehead atoms. The van der Waals surface area contributed by atoms with Crippen LogP contribution >= 0.6 is 0 Å². The fourth-order valence-corrected chi connectivity index (χ4v) is 2.82. The largest absolute Gasteiger partial charge is 0.193 e. The van der Waals surface area contributed by atoms with Gasteiger partial charge in [-0.25, -0.2) is 0 Å². The molecule has 0 heterocycles. The van der Waals surface area contributed by atoms with Crippen molar-refractivity contribution in [3.63, 3.8) is 0 Å². The van der Waals surface area contributed by atoms with Gasteiger partial charge in [-0.2, -0.15) is 5.26 Å². The number of nitrogens with zero attached hydrogens (tertiary/aromatic N) is 1. The minimum atomic E-state index is -1.74. The Morgan fingerprint density at radius 2 is 1.85 bits per heavy atom. The number of allylic oxidation sites excluding steroid dienone is 1. The first-order valence-corrected chi connectivity index (χ1v) is 7.24. The van der Waals surface area contributed by atoms with Gasteiger partial charge in [0.25, 0.3) is 0 Å². The van der Waals surface area contributed by atoms with Crippen LogP contribution in [0.3, 0.4) is 0 Å². The van der Waals surface area contributed by atoms with Crippen LogP contribution in [0.1, 0.15) is 0 Å². The second kappa shape index (κ2) is 3.59. The van der Waals surface area contributed by atoms with Gasteiger partial charge < -0.3 is 0 Å². The number of hydrogen-bond acceptors (Lipinski definition) is 1. The molecule has 0 aliphatic rings. The third kappa shape index (κ3) is 1.88. The molecule has 0 saturated carbocycles. The van der Waals surface area contributed by atoms with Gasteiger partial charge in [-0.15, -0.1) is 0 Å². The van der Waals surface area contributed by atoms with Crippen LogP contribution in [0.2, 0.25) is 13.1 Å². The molecule has 0 saturated heterocycles. The van der Waals surface area contributed by atoms with Crippen molar-refractivity contribution in [2.75, 3.05) is 0 Å². The molecule has 1 rings (SSSR count). The molecule has 0 N–H and O–H groups in total. The SMILES string of the molecule is C=C(C#N)[Si](C)(C)c1ccccc1. The van der Waals surface area contributed by atoms with Gasteiger partial charge in [0.05, 0.1) is 6.07 Å². The molecule has 0 spiro atoms. The molecule has 0 aliphatic carbocycles. The van der Waals surface area contributed by atoms with Crippen molar-refractivity contribution < 1.29 is 0 Å². The molecule has 0 aliphatic heterocycles. The van der Waals surface area contributed by atoms with Gasteiger partial charge in [0.1, 0.15) is 8.07 Å². The molecule has 0 amide bonds. The van der Waals surface area contributed by atoms with Crippen LogP contribution in [0.5, 0.6) is 0 Å². The number of nitriles is 1. The fraction of sp³-hybridized carbons (Fsp3) is 0.182. The van der Waals surface area contributed by atoms with E-state index in [9.17, 15) is 0 Å². The van der Waals surface area contributed by atoms with Crippen LogP contribution in [0, 0.1) is 11.3 Å². The lowest BCUT2D eigenvalue weighted by atomic mass is 10.4. The first-order valence-electron chi connectivity index (χ1n) is 4.24. The second-order valence-corrected chi connectivity index (χ2v) is 8.01. The Morgan fingerprint density at radius 3 is 2.31 bits per heavy atom. The summed E-state index contributed by atoms with van der Waals surface area (Å²) in [6.07, 6.45) is 0. The maximum absolute atomic E-state index is 8.82. The minimum absolute atomic E-state index is 0.735. The van der Waals surface area contributed by atoms with E-state index in [0.29, 0.717) is 0 Å². The normalized spacial score (nSPS) is 10.5. The lowest BCUT2D eigenvalue weighted by Crippen LogP contribution is -2.42. The van der Waals surface area contributed by atoms with Gasteiger partial charge in [-0.1, -0.05) is 55.2 Å². The Balaban J connectivity index is 3.09. The molecule has 0 unspecified atom stereocenters. The summed E-state index contributed by atoms with van der Waals surface area (Å²) in [4.78, 5) is 0. The second-order valence-electron chi connectivity index (χ2n) is 3.58. The maximum atomic E-state index is 8.82. The number of hydrogen-bond donors (Lipinski definition) is 0. The molecule has 0 fully saturated rings. The van der Waals surface area contributed by atoms with E-state index < -0.39 is 8.07 Å². The molecule has 2 heteroatoms. The Labute approximate surface area is 80.3 Å². The summed E-state index contributed by atoms with van der Waals surface area (Å²) in [6, 6.07) is 12.3. The molecule has 66 valence electrons. The first kappa shape index (κ1) is 9.75. The van der Waals surface area contributed by atoms with Crippen molar-refractivity contribution in [2.45, 2.75) is 13.1 Å². The zero-order chi connectivity index (χ0) is 9.90. The molecular formula is C11H13NSi. The van der Waals surface area contributed by atoms with Crippen molar-refractivity contribution in [1.82, 2.24) is 0 Å². The predicted molar refractivity (Wildman–Crippen MR) is 58.3 cm³/mol. The van der Waals surface area contributed by atoms with Crippen LogP contribution in [-0.4, -0.2) is 8.07 Å². The average Bonchev–Trinajstić information content (AvgIpc) is 2.18. The zero-order valence-corrected chi connectivity index (χ0v) is 9.04. The van der Waals surface area contributed by atoms with E-state index in [1.165, 1.54) is 5.19 Å². The summed E-state index contributed by atoms with van der Waals surface area (Å²) in [7, 11) is -1.74. The van der Waals surface area contributed by atoms with Gasteiger partial charge in [0.2, 0.25) is 0 Å². The van der Waals surface area contributed by atoms with Crippen molar-refractivity contribution in [3.05, 3.63) is 42.1 Å². The van der Waals surface area contributed by atoms with Crippen molar-refractivity contribution in [2.24, 2.45) is 0 Å². The van der Waals surface area contributed by atoms with E-state index in [1.807, 2.05) is 18.2 Å².